The molecule has 2 rings (SSSR count). The summed E-state index contributed by atoms with van der Waals surface area (Å²) < 4.78 is 0. The Balaban J connectivity index is 2.40. The van der Waals surface area contributed by atoms with Crippen molar-refractivity contribution in [3.8, 4) is 0 Å². The molecule has 0 bridgehead atoms. The third kappa shape index (κ3) is 1.33. The molecule has 0 fully saturated rings. The van der Waals surface area contributed by atoms with Crippen LogP contribution in [0.3, 0.4) is 0 Å². The minimum absolute atomic E-state index is 0.366. The minimum atomic E-state index is 0.366. The molecule has 1 aliphatic carbocycles. The maximum absolute atomic E-state index is 5.95. The fraction of sp³-hybridized carbons (Fsp3) is 0.273. The molecular formula is C11H12ClN. The molecule has 1 nitrogen and oxygen atoms in total. The van der Waals surface area contributed by atoms with Crippen LogP contribution in [0.1, 0.15) is 13.3 Å². The molecule has 0 saturated heterocycles. The van der Waals surface area contributed by atoms with E-state index in [-0.39, 0.29) is 0 Å². The van der Waals surface area contributed by atoms with Crippen molar-refractivity contribution < 1.29 is 0 Å². The molecule has 1 atom stereocenters. The van der Waals surface area contributed by atoms with Crippen LogP contribution in [0.15, 0.2) is 46.7 Å². The van der Waals surface area contributed by atoms with Crippen molar-refractivity contribution in [2.45, 2.75) is 19.4 Å². The zero-order chi connectivity index (χ0) is 9.42. The average Bonchev–Trinajstić information content (AvgIpc) is 2.39. The van der Waals surface area contributed by atoms with Gasteiger partial charge in [-0.2, -0.15) is 0 Å². The molecule has 0 aromatic heterocycles. The molecule has 0 aromatic rings. The highest BCUT2D eigenvalue weighted by atomic mass is 35.5. The maximum Gasteiger partial charge on any atom is 0.0566 e. The summed E-state index contributed by atoms with van der Waals surface area (Å²) in [6.45, 7) is 5.88. The molecule has 0 saturated carbocycles. The van der Waals surface area contributed by atoms with Crippen LogP contribution in [0.5, 0.6) is 0 Å². The molecule has 1 aliphatic heterocycles. The van der Waals surface area contributed by atoms with Gasteiger partial charge in [0.05, 0.1) is 6.04 Å². The monoisotopic (exact) mass is 193 g/mol. The van der Waals surface area contributed by atoms with Crippen molar-refractivity contribution >= 4 is 11.6 Å². The first kappa shape index (κ1) is 8.64. The van der Waals surface area contributed by atoms with Gasteiger partial charge >= 0.3 is 0 Å². The summed E-state index contributed by atoms with van der Waals surface area (Å²) in [7, 11) is 0. The summed E-state index contributed by atoms with van der Waals surface area (Å²) in [6.07, 6.45) is 6.84. The average molecular weight is 194 g/mol. The van der Waals surface area contributed by atoms with Gasteiger partial charge in [-0.3, -0.25) is 0 Å². The summed E-state index contributed by atoms with van der Waals surface area (Å²) in [5.41, 5.74) is 3.74. The van der Waals surface area contributed by atoms with Crippen LogP contribution >= 0.6 is 11.6 Å². The zero-order valence-corrected chi connectivity index (χ0v) is 8.36. The van der Waals surface area contributed by atoms with Crippen LogP contribution in [0.25, 0.3) is 0 Å². The van der Waals surface area contributed by atoms with Gasteiger partial charge < -0.3 is 5.32 Å². The number of allylic oxidation sites excluding steroid dienone is 4. The van der Waals surface area contributed by atoms with Crippen LogP contribution in [-0.4, -0.2) is 6.04 Å². The van der Waals surface area contributed by atoms with Crippen molar-refractivity contribution in [1.82, 2.24) is 5.32 Å². The molecule has 0 aromatic carbocycles. The normalized spacial score (nSPS) is 26.2. The Hall–Kier alpha value is -0.950. The Labute approximate surface area is 83.5 Å². The minimum Gasteiger partial charge on any atom is -0.381 e. The topological polar surface area (TPSA) is 12.0 Å². The van der Waals surface area contributed by atoms with E-state index in [1.165, 1.54) is 16.8 Å². The van der Waals surface area contributed by atoms with E-state index >= 15 is 0 Å². The van der Waals surface area contributed by atoms with Gasteiger partial charge in [0.2, 0.25) is 0 Å². The summed E-state index contributed by atoms with van der Waals surface area (Å²) >= 11 is 5.95. The van der Waals surface area contributed by atoms with Crippen LogP contribution in [0.2, 0.25) is 0 Å². The predicted octanol–water partition coefficient (Wildman–Crippen LogP) is 2.87. The van der Waals surface area contributed by atoms with Gasteiger partial charge in [0.15, 0.2) is 0 Å². The first-order valence-corrected chi connectivity index (χ1v) is 4.76. The molecule has 2 aliphatic rings. The van der Waals surface area contributed by atoms with Crippen LogP contribution in [-0.2, 0) is 0 Å². The van der Waals surface area contributed by atoms with Crippen molar-refractivity contribution in [2.75, 3.05) is 0 Å². The van der Waals surface area contributed by atoms with E-state index in [0.29, 0.717) is 6.04 Å². The largest absolute Gasteiger partial charge is 0.381 e. The van der Waals surface area contributed by atoms with Crippen LogP contribution in [0.4, 0.5) is 0 Å². The number of fused-ring (bicyclic) bond motifs is 1. The first-order chi connectivity index (χ1) is 6.22. The summed E-state index contributed by atoms with van der Waals surface area (Å²) in [5, 5.41) is 4.32. The first-order valence-electron chi connectivity index (χ1n) is 4.39. The van der Waals surface area contributed by atoms with E-state index in [9.17, 15) is 0 Å². The van der Waals surface area contributed by atoms with E-state index in [0.717, 1.165) is 11.5 Å². The highest BCUT2D eigenvalue weighted by Gasteiger charge is 2.26. The quantitative estimate of drug-likeness (QED) is 0.676. The Bertz CT molecular complexity index is 347. The molecule has 68 valence electrons. The number of rotatable bonds is 1. The van der Waals surface area contributed by atoms with E-state index in [1.54, 1.807) is 0 Å². The summed E-state index contributed by atoms with van der Waals surface area (Å²) in [5.74, 6) is 0. The number of halogens is 1. The molecule has 13 heavy (non-hydrogen) atoms. The SMILES string of the molecule is C=CC1=C(C)NC2CC(Cl)=CC=C12. The Kier molecular flexibility index (Phi) is 2.04. The van der Waals surface area contributed by atoms with E-state index in [1.807, 2.05) is 12.2 Å². The highest BCUT2D eigenvalue weighted by Crippen LogP contribution is 2.33. The number of hydrogen-bond donors (Lipinski definition) is 1. The molecular weight excluding hydrogens is 182 g/mol. The molecule has 0 radical (unpaired) electrons. The van der Waals surface area contributed by atoms with E-state index in [2.05, 4.69) is 24.9 Å². The lowest BCUT2D eigenvalue weighted by atomic mass is 9.95. The van der Waals surface area contributed by atoms with Gasteiger partial charge in [-0.25, -0.2) is 0 Å². The van der Waals surface area contributed by atoms with Gasteiger partial charge in [0, 0.05) is 17.2 Å². The van der Waals surface area contributed by atoms with Gasteiger partial charge in [0.25, 0.3) is 0 Å². The second-order valence-electron chi connectivity index (χ2n) is 3.38. The van der Waals surface area contributed by atoms with Crippen molar-refractivity contribution in [3.05, 3.63) is 46.7 Å². The Morgan fingerprint density at radius 2 is 2.38 bits per heavy atom. The third-order valence-corrected chi connectivity index (χ3v) is 2.81. The summed E-state index contributed by atoms with van der Waals surface area (Å²) in [4.78, 5) is 0. The second kappa shape index (κ2) is 3.08. The molecule has 2 heteroatoms. The fourth-order valence-electron chi connectivity index (χ4n) is 1.90. The zero-order valence-electron chi connectivity index (χ0n) is 7.60. The molecule has 0 spiro atoms. The van der Waals surface area contributed by atoms with Crippen LogP contribution < -0.4 is 5.32 Å². The second-order valence-corrected chi connectivity index (χ2v) is 3.86. The van der Waals surface area contributed by atoms with Gasteiger partial charge in [-0.05, 0) is 24.1 Å². The predicted molar refractivity (Wildman–Crippen MR) is 56.5 cm³/mol. The third-order valence-electron chi connectivity index (χ3n) is 2.53. The molecule has 1 unspecified atom stereocenters. The number of nitrogens with one attached hydrogen (secondary N) is 1. The maximum atomic E-state index is 5.95. The fourth-order valence-corrected chi connectivity index (χ4v) is 2.12. The standard InChI is InChI=1S/C11H12ClN/c1-3-9-7(2)13-11-6-8(12)4-5-10(9)11/h3-5,11,13H,1,6H2,2H3. The van der Waals surface area contributed by atoms with Gasteiger partial charge in [-0.1, -0.05) is 30.3 Å². The van der Waals surface area contributed by atoms with E-state index in [4.69, 9.17) is 11.6 Å². The molecule has 0 amide bonds. The Morgan fingerprint density at radius 3 is 3.08 bits per heavy atom. The van der Waals surface area contributed by atoms with Gasteiger partial charge in [-0.15, -0.1) is 0 Å². The highest BCUT2D eigenvalue weighted by molar-refractivity contribution is 6.29. The summed E-state index contributed by atoms with van der Waals surface area (Å²) in [6, 6.07) is 0.366. The van der Waals surface area contributed by atoms with Crippen LogP contribution in [0, 0.1) is 0 Å². The van der Waals surface area contributed by atoms with Crippen molar-refractivity contribution in [3.63, 3.8) is 0 Å². The lowest BCUT2D eigenvalue weighted by molar-refractivity contribution is 0.679. The van der Waals surface area contributed by atoms with Gasteiger partial charge in [0.1, 0.15) is 0 Å². The Morgan fingerprint density at radius 1 is 1.62 bits per heavy atom. The van der Waals surface area contributed by atoms with Crippen molar-refractivity contribution in [2.24, 2.45) is 0 Å². The lowest BCUT2D eigenvalue weighted by Gasteiger charge is -2.17. The molecule has 1 N–H and O–H groups in total. The molecule has 1 heterocycles. The van der Waals surface area contributed by atoms with Crippen molar-refractivity contribution in [1.29, 1.82) is 0 Å². The smallest absolute Gasteiger partial charge is 0.0566 e. The van der Waals surface area contributed by atoms with E-state index < -0.39 is 0 Å². The number of hydrogen-bond acceptors (Lipinski definition) is 1. The lowest BCUT2D eigenvalue weighted by Crippen LogP contribution is -2.24.